The number of nitrogens with zero attached hydrogens (tertiary/aromatic N) is 5. The van der Waals surface area contributed by atoms with E-state index in [0.717, 1.165) is 27.9 Å². The Bertz CT molecular complexity index is 1600. The predicted octanol–water partition coefficient (Wildman–Crippen LogP) is 4.98. The Labute approximate surface area is 181 Å². The first-order valence-electron chi connectivity index (χ1n) is 10.0. The monoisotopic (exact) mass is 425 g/mol. The summed E-state index contributed by atoms with van der Waals surface area (Å²) >= 11 is 0. The largest absolute Gasteiger partial charge is 0.497 e. The second kappa shape index (κ2) is 7.12. The first-order chi connectivity index (χ1) is 15.7. The average Bonchev–Trinajstić information content (AvgIpc) is 3.41. The molecule has 0 saturated carbocycles. The van der Waals surface area contributed by atoms with Crippen LogP contribution in [0.1, 0.15) is 5.89 Å². The van der Waals surface area contributed by atoms with Gasteiger partial charge < -0.3 is 13.7 Å². The third-order valence-corrected chi connectivity index (χ3v) is 5.41. The van der Waals surface area contributed by atoms with Crippen molar-refractivity contribution in [3.63, 3.8) is 0 Å². The first kappa shape index (κ1) is 18.4. The van der Waals surface area contributed by atoms with E-state index in [9.17, 15) is 4.39 Å². The van der Waals surface area contributed by atoms with E-state index in [1.165, 1.54) is 12.1 Å². The van der Waals surface area contributed by atoms with Crippen LogP contribution in [0.15, 0.2) is 71.1 Å². The molecule has 156 valence electrons. The summed E-state index contributed by atoms with van der Waals surface area (Å²) in [7, 11) is 1.61. The highest BCUT2D eigenvalue weighted by Crippen LogP contribution is 2.30. The van der Waals surface area contributed by atoms with Gasteiger partial charge in [-0.1, -0.05) is 12.1 Å². The molecule has 3 aromatic carbocycles. The molecule has 7 nitrogen and oxygen atoms in total. The van der Waals surface area contributed by atoms with Crippen molar-refractivity contribution in [1.29, 1.82) is 0 Å². The Hall–Kier alpha value is -4.33. The Morgan fingerprint density at radius 3 is 2.50 bits per heavy atom. The normalized spacial score (nSPS) is 11.6. The lowest BCUT2D eigenvalue weighted by atomic mass is 10.2. The van der Waals surface area contributed by atoms with Crippen molar-refractivity contribution >= 4 is 33.1 Å². The lowest BCUT2D eigenvalue weighted by molar-refractivity contribution is 0.415. The van der Waals surface area contributed by atoms with Gasteiger partial charge in [0.2, 0.25) is 11.8 Å². The minimum atomic E-state index is -0.328. The summed E-state index contributed by atoms with van der Waals surface area (Å²) < 4.78 is 27.1. The summed E-state index contributed by atoms with van der Waals surface area (Å²) in [6.45, 7) is 0.280. The number of benzene rings is 3. The molecule has 8 heteroatoms. The Morgan fingerprint density at radius 2 is 1.72 bits per heavy atom. The molecule has 6 aromatic rings. The Kier molecular flexibility index (Phi) is 4.10. The second-order valence-corrected chi connectivity index (χ2v) is 7.36. The number of aromatic nitrogens is 5. The van der Waals surface area contributed by atoms with Crippen molar-refractivity contribution in [1.82, 2.24) is 24.7 Å². The lowest BCUT2D eigenvalue weighted by Gasteiger charge is -2.04. The van der Waals surface area contributed by atoms with E-state index in [1.54, 1.807) is 13.2 Å². The third-order valence-electron chi connectivity index (χ3n) is 5.41. The van der Waals surface area contributed by atoms with Crippen LogP contribution in [-0.2, 0) is 6.54 Å². The second-order valence-electron chi connectivity index (χ2n) is 7.36. The van der Waals surface area contributed by atoms with Gasteiger partial charge in [-0.05, 0) is 54.6 Å². The summed E-state index contributed by atoms with van der Waals surface area (Å²) in [4.78, 5) is 9.55. The summed E-state index contributed by atoms with van der Waals surface area (Å²) in [5.74, 6) is 1.24. The summed E-state index contributed by atoms with van der Waals surface area (Å²) in [6.07, 6.45) is 0. The van der Waals surface area contributed by atoms with Gasteiger partial charge in [0.1, 0.15) is 23.6 Å². The molecule has 0 atom stereocenters. The number of hydrogen-bond acceptors (Lipinski definition) is 6. The Morgan fingerprint density at radius 1 is 0.938 bits per heavy atom. The zero-order chi connectivity index (χ0) is 21.7. The Balaban J connectivity index is 1.48. The molecule has 0 bridgehead atoms. The summed E-state index contributed by atoms with van der Waals surface area (Å²) in [5.41, 5.74) is 4.36. The molecule has 3 aromatic heterocycles. The number of fused-ring (bicyclic) bond motifs is 4. The van der Waals surface area contributed by atoms with Crippen molar-refractivity contribution in [3.05, 3.63) is 78.4 Å². The number of rotatable bonds is 4. The number of ether oxygens (including phenoxy) is 1. The van der Waals surface area contributed by atoms with Crippen LogP contribution in [0.2, 0.25) is 0 Å². The zero-order valence-corrected chi connectivity index (χ0v) is 17.0. The molecule has 3 heterocycles. The molecule has 0 fully saturated rings. The van der Waals surface area contributed by atoms with Gasteiger partial charge in [0.05, 0.1) is 23.7 Å². The lowest BCUT2D eigenvalue weighted by Crippen LogP contribution is -2.01. The molecule has 0 amide bonds. The highest BCUT2D eigenvalue weighted by Gasteiger charge is 2.18. The van der Waals surface area contributed by atoms with E-state index in [-0.39, 0.29) is 12.4 Å². The van der Waals surface area contributed by atoms with Crippen LogP contribution in [0.3, 0.4) is 0 Å². The van der Waals surface area contributed by atoms with E-state index in [2.05, 4.69) is 10.2 Å². The van der Waals surface area contributed by atoms with Crippen molar-refractivity contribution in [3.8, 4) is 17.2 Å². The highest BCUT2D eigenvalue weighted by atomic mass is 19.1. The van der Waals surface area contributed by atoms with Gasteiger partial charge in [0.15, 0.2) is 5.65 Å². The molecule has 32 heavy (non-hydrogen) atoms. The van der Waals surface area contributed by atoms with Gasteiger partial charge in [-0.25, -0.2) is 14.4 Å². The quantitative estimate of drug-likeness (QED) is 0.396. The zero-order valence-electron chi connectivity index (χ0n) is 17.0. The van der Waals surface area contributed by atoms with Crippen LogP contribution in [0.25, 0.3) is 44.6 Å². The number of methoxy groups -OCH3 is 1. The molecule has 0 aliphatic rings. The molecule has 6 rings (SSSR count). The minimum absolute atomic E-state index is 0.280. The van der Waals surface area contributed by atoms with Gasteiger partial charge in [-0.15, -0.1) is 10.2 Å². The van der Waals surface area contributed by atoms with Crippen molar-refractivity contribution in [2.24, 2.45) is 0 Å². The van der Waals surface area contributed by atoms with Crippen LogP contribution >= 0.6 is 0 Å². The van der Waals surface area contributed by atoms with E-state index in [1.807, 2.05) is 53.1 Å². The van der Waals surface area contributed by atoms with E-state index in [4.69, 9.17) is 19.1 Å². The first-order valence-corrected chi connectivity index (χ1v) is 10.0. The molecule has 0 aliphatic carbocycles. The predicted molar refractivity (Wildman–Crippen MR) is 118 cm³/mol. The summed E-state index contributed by atoms with van der Waals surface area (Å²) in [5, 5.41) is 9.08. The van der Waals surface area contributed by atoms with E-state index < -0.39 is 0 Å². The SMILES string of the molecule is COc1ccc(-c2nnc(Cn3c4ccc(F)cc4c4nc5ccccc5nc43)o2)cc1. The van der Waals surface area contributed by atoms with Gasteiger partial charge in [0, 0.05) is 10.9 Å². The molecule has 0 spiro atoms. The highest BCUT2D eigenvalue weighted by molar-refractivity contribution is 6.06. The molecule has 0 N–H and O–H groups in total. The fourth-order valence-corrected chi connectivity index (χ4v) is 3.87. The number of hydrogen-bond donors (Lipinski definition) is 0. The fourth-order valence-electron chi connectivity index (χ4n) is 3.87. The molecule has 0 radical (unpaired) electrons. The molecule has 0 saturated heterocycles. The maximum absolute atomic E-state index is 14.1. The average molecular weight is 425 g/mol. The standard InChI is InChI=1S/C24H16FN5O2/c1-31-16-9-6-14(7-10-16)24-29-28-21(32-24)13-30-20-11-8-15(25)12-17(20)22-23(30)27-19-5-3-2-4-18(19)26-22/h2-12H,13H2,1H3. The van der Waals surface area contributed by atoms with Crippen LogP contribution in [0, 0.1) is 5.82 Å². The maximum Gasteiger partial charge on any atom is 0.247 e. The molecular formula is C24H16FN5O2. The van der Waals surface area contributed by atoms with Crippen molar-refractivity contribution < 1.29 is 13.5 Å². The van der Waals surface area contributed by atoms with Gasteiger partial charge in [-0.2, -0.15) is 0 Å². The van der Waals surface area contributed by atoms with Gasteiger partial charge in [-0.3, -0.25) is 0 Å². The summed E-state index contributed by atoms with van der Waals surface area (Å²) in [6, 6.07) is 19.6. The van der Waals surface area contributed by atoms with Crippen LogP contribution in [0.4, 0.5) is 4.39 Å². The minimum Gasteiger partial charge on any atom is -0.497 e. The number of halogens is 1. The molecule has 0 aliphatic heterocycles. The number of para-hydroxylation sites is 2. The van der Waals surface area contributed by atoms with Crippen molar-refractivity contribution in [2.45, 2.75) is 6.54 Å². The molecular weight excluding hydrogens is 409 g/mol. The topological polar surface area (TPSA) is 78.9 Å². The molecule has 0 unspecified atom stereocenters. The maximum atomic E-state index is 14.1. The third kappa shape index (κ3) is 2.96. The van der Waals surface area contributed by atoms with Crippen molar-refractivity contribution in [2.75, 3.05) is 7.11 Å². The van der Waals surface area contributed by atoms with Gasteiger partial charge in [0.25, 0.3) is 0 Å². The smallest absolute Gasteiger partial charge is 0.247 e. The van der Waals surface area contributed by atoms with Crippen LogP contribution < -0.4 is 4.74 Å². The van der Waals surface area contributed by atoms with E-state index in [0.29, 0.717) is 28.3 Å². The van der Waals surface area contributed by atoms with Crippen LogP contribution in [-0.4, -0.2) is 31.8 Å². The van der Waals surface area contributed by atoms with Gasteiger partial charge >= 0.3 is 0 Å². The van der Waals surface area contributed by atoms with E-state index >= 15 is 0 Å². The van der Waals surface area contributed by atoms with Crippen LogP contribution in [0.5, 0.6) is 5.75 Å². The fraction of sp³-hybridized carbons (Fsp3) is 0.0833.